The van der Waals surface area contributed by atoms with Crippen LogP contribution in [-0.4, -0.2) is 56.3 Å². The Morgan fingerprint density at radius 1 is 0.500 bits per heavy atom. The van der Waals surface area contributed by atoms with Crippen LogP contribution >= 0.6 is 0 Å². The fourth-order valence-electron chi connectivity index (χ4n) is 7.05. The smallest absolute Gasteiger partial charge is 0.358 e. The minimum atomic E-state index is -1.33. The predicted octanol–water partition coefficient (Wildman–Crippen LogP) is 8.63. The Hall–Kier alpha value is -8.78. The van der Waals surface area contributed by atoms with Gasteiger partial charge >= 0.3 is 11.9 Å². The van der Waals surface area contributed by atoms with E-state index in [9.17, 15) is 29.4 Å². The monoisotopic (exact) mass is 884 g/mol. The van der Waals surface area contributed by atoms with E-state index in [4.69, 9.17) is 18.9 Å². The number of hydrogen-bond donors (Lipinski definition) is 4. The molecule has 66 heavy (non-hydrogen) atoms. The maximum Gasteiger partial charge on any atom is 0.358 e. The SMILES string of the molecule is COc1ccc(-c2ccccc2)c(Cc2nc(C(=O)O)c(OCc3ccccc3)c(=O)[nH]2)c1.COc1ccc(-c2ccccc2)c(Cc2nc(C(=O)O)c(OCc3ccccc3)c(=O)[nH]2)c1. The summed E-state index contributed by atoms with van der Waals surface area (Å²) in [6.07, 6.45) is 0.409. The van der Waals surface area contributed by atoms with Gasteiger partial charge in [0.1, 0.15) is 36.4 Å². The molecule has 0 atom stereocenters. The molecule has 0 saturated carbocycles. The number of methoxy groups -OCH3 is 2. The average Bonchev–Trinajstić information content (AvgIpc) is 3.34. The van der Waals surface area contributed by atoms with Crippen LogP contribution in [0.5, 0.6) is 23.0 Å². The fraction of sp³-hybridized carbons (Fsp3) is 0.115. The van der Waals surface area contributed by atoms with Crippen molar-refractivity contribution in [1.29, 1.82) is 0 Å². The van der Waals surface area contributed by atoms with E-state index in [0.29, 0.717) is 11.5 Å². The molecule has 0 bridgehead atoms. The maximum absolute atomic E-state index is 12.7. The van der Waals surface area contributed by atoms with Crippen LogP contribution in [0, 0.1) is 0 Å². The third-order valence-corrected chi connectivity index (χ3v) is 10.2. The number of nitrogens with zero attached hydrogens (tertiary/aromatic N) is 2. The topological polar surface area (TPSA) is 203 Å². The van der Waals surface area contributed by atoms with Gasteiger partial charge in [-0.15, -0.1) is 0 Å². The van der Waals surface area contributed by atoms with Gasteiger partial charge in [0.25, 0.3) is 11.1 Å². The van der Waals surface area contributed by atoms with Crippen molar-refractivity contribution in [2.24, 2.45) is 0 Å². The summed E-state index contributed by atoms with van der Waals surface area (Å²) in [6, 6.07) is 49.1. The number of carboxylic acids is 2. The lowest BCUT2D eigenvalue weighted by molar-refractivity contribution is 0.0672. The predicted molar refractivity (Wildman–Crippen MR) is 248 cm³/mol. The van der Waals surface area contributed by atoms with Gasteiger partial charge in [0, 0.05) is 12.8 Å². The molecule has 0 saturated heterocycles. The van der Waals surface area contributed by atoms with Crippen LogP contribution in [0.25, 0.3) is 22.3 Å². The number of hydrogen-bond acceptors (Lipinski definition) is 10. The molecule has 0 aliphatic carbocycles. The molecular weight excluding hydrogens is 841 g/mol. The number of benzene rings is 6. The summed E-state index contributed by atoms with van der Waals surface area (Å²) >= 11 is 0. The number of nitrogens with one attached hydrogen (secondary N) is 2. The first-order valence-electron chi connectivity index (χ1n) is 20.6. The molecule has 4 N–H and O–H groups in total. The highest BCUT2D eigenvalue weighted by molar-refractivity contribution is 5.89. The van der Waals surface area contributed by atoms with Crippen molar-refractivity contribution in [3.8, 4) is 45.3 Å². The lowest BCUT2D eigenvalue weighted by Gasteiger charge is -2.13. The molecule has 0 aliphatic heterocycles. The Labute approximate surface area is 378 Å². The van der Waals surface area contributed by atoms with E-state index in [0.717, 1.165) is 44.5 Å². The van der Waals surface area contributed by atoms with Crippen LogP contribution in [-0.2, 0) is 26.1 Å². The second kappa shape index (κ2) is 21.5. The molecule has 0 amide bonds. The number of carboxylic acid groups (broad SMARTS) is 2. The van der Waals surface area contributed by atoms with Crippen LogP contribution in [0.3, 0.4) is 0 Å². The number of rotatable bonds is 16. The number of aromatic carboxylic acids is 2. The summed E-state index contributed by atoms with van der Waals surface area (Å²) in [4.78, 5) is 63.0. The molecule has 0 fully saturated rings. The summed E-state index contributed by atoms with van der Waals surface area (Å²) in [5.74, 6) is -1.57. The molecule has 14 nitrogen and oxygen atoms in total. The molecule has 332 valence electrons. The molecule has 2 heterocycles. The van der Waals surface area contributed by atoms with Crippen LogP contribution in [0.1, 0.15) is 54.9 Å². The Balaban J connectivity index is 0.000000196. The van der Waals surface area contributed by atoms with E-state index in [1.165, 1.54) is 0 Å². The van der Waals surface area contributed by atoms with Crippen molar-refractivity contribution in [2.45, 2.75) is 26.1 Å². The highest BCUT2D eigenvalue weighted by Crippen LogP contribution is 2.30. The van der Waals surface area contributed by atoms with Gasteiger partial charge < -0.3 is 39.1 Å². The van der Waals surface area contributed by atoms with Crippen molar-refractivity contribution >= 4 is 11.9 Å². The highest BCUT2D eigenvalue weighted by Gasteiger charge is 2.22. The maximum atomic E-state index is 12.7. The zero-order valence-corrected chi connectivity index (χ0v) is 35.9. The second-order valence-electron chi connectivity index (χ2n) is 14.7. The quantitative estimate of drug-likeness (QED) is 0.0721. The molecule has 2 aromatic heterocycles. The van der Waals surface area contributed by atoms with E-state index >= 15 is 0 Å². The van der Waals surface area contributed by atoms with Gasteiger partial charge in [0.05, 0.1) is 14.2 Å². The molecule has 14 heteroatoms. The zero-order chi connectivity index (χ0) is 46.4. The van der Waals surface area contributed by atoms with Crippen molar-refractivity contribution in [3.63, 3.8) is 0 Å². The first-order chi connectivity index (χ1) is 32.1. The third-order valence-electron chi connectivity index (χ3n) is 10.2. The summed E-state index contributed by atoms with van der Waals surface area (Å²) in [5.41, 5.74) is 4.98. The zero-order valence-electron chi connectivity index (χ0n) is 35.9. The van der Waals surface area contributed by atoms with Crippen LogP contribution < -0.4 is 30.1 Å². The molecule has 8 rings (SSSR count). The molecule has 0 radical (unpaired) electrons. The lowest BCUT2D eigenvalue weighted by atomic mass is 9.97. The molecule has 0 aliphatic rings. The van der Waals surface area contributed by atoms with E-state index in [1.54, 1.807) is 14.2 Å². The van der Waals surface area contributed by atoms with Gasteiger partial charge in [-0.3, -0.25) is 9.59 Å². The van der Waals surface area contributed by atoms with Crippen molar-refractivity contribution in [3.05, 3.63) is 224 Å². The van der Waals surface area contributed by atoms with Crippen LogP contribution in [0.2, 0.25) is 0 Å². The second-order valence-corrected chi connectivity index (χ2v) is 14.7. The Morgan fingerprint density at radius 2 is 0.848 bits per heavy atom. The number of aromatic amines is 2. The Morgan fingerprint density at radius 3 is 1.18 bits per heavy atom. The molecule has 8 aromatic rings. The van der Waals surface area contributed by atoms with Crippen molar-refractivity contribution in [1.82, 2.24) is 19.9 Å². The first-order valence-corrected chi connectivity index (χ1v) is 20.6. The largest absolute Gasteiger partial charge is 0.497 e. The summed E-state index contributed by atoms with van der Waals surface area (Å²) < 4.78 is 21.8. The number of ether oxygens (including phenoxy) is 4. The Bertz CT molecular complexity index is 2840. The first kappa shape index (κ1) is 45.3. The van der Waals surface area contributed by atoms with E-state index in [1.807, 2.05) is 158 Å². The van der Waals surface area contributed by atoms with Crippen LogP contribution in [0.15, 0.2) is 167 Å². The molecule has 6 aromatic carbocycles. The summed E-state index contributed by atoms with van der Waals surface area (Å²) in [6.45, 7) is 0.110. The van der Waals surface area contributed by atoms with Gasteiger partial charge in [-0.2, -0.15) is 0 Å². The number of carbonyl (C=O) groups is 2. The standard InChI is InChI=1S/2C26H22N2O5/c2*1-32-20-12-13-21(18-10-6-3-7-11-18)19(14-20)15-22-27-23(26(30)31)24(25(29)28-22)33-16-17-8-4-2-5-9-17/h2*2-14H,15-16H2,1H3,(H,30,31)(H,27,28,29). The minimum absolute atomic E-state index is 0.0548. The fourth-order valence-corrected chi connectivity index (χ4v) is 7.05. The van der Waals surface area contributed by atoms with Gasteiger partial charge in [-0.05, 0) is 68.8 Å². The summed E-state index contributed by atoms with van der Waals surface area (Å²) in [5, 5.41) is 19.4. The van der Waals surface area contributed by atoms with Gasteiger partial charge in [0.15, 0.2) is 11.4 Å². The lowest BCUT2D eigenvalue weighted by Crippen LogP contribution is -2.21. The number of H-pyrrole nitrogens is 2. The van der Waals surface area contributed by atoms with Gasteiger partial charge in [-0.1, -0.05) is 133 Å². The van der Waals surface area contributed by atoms with Crippen molar-refractivity contribution in [2.75, 3.05) is 14.2 Å². The van der Waals surface area contributed by atoms with E-state index in [2.05, 4.69) is 19.9 Å². The Kier molecular flexibility index (Phi) is 14.8. The van der Waals surface area contributed by atoms with E-state index < -0.39 is 34.4 Å². The molecular formula is C52H44N4O10. The van der Waals surface area contributed by atoms with Crippen molar-refractivity contribution < 1.29 is 38.7 Å². The normalized spacial score (nSPS) is 10.6. The van der Waals surface area contributed by atoms with Crippen LogP contribution in [0.4, 0.5) is 0 Å². The minimum Gasteiger partial charge on any atom is -0.497 e. The molecule has 0 spiro atoms. The van der Waals surface area contributed by atoms with Gasteiger partial charge in [0.2, 0.25) is 11.5 Å². The summed E-state index contributed by atoms with van der Waals surface area (Å²) in [7, 11) is 3.14. The van der Waals surface area contributed by atoms with E-state index in [-0.39, 0.29) is 49.2 Å². The average molecular weight is 885 g/mol. The third kappa shape index (κ3) is 11.4. The molecule has 0 unspecified atom stereocenters. The number of aromatic nitrogens is 4. The van der Waals surface area contributed by atoms with Gasteiger partial charge in [-0.25, -0.2) is 19.6 Å². The highest BCUT2D eigenvalue weighted by atomic mass is 16.5.